The van der Waals surface area contributed by atoms with Gasteiger partial charge in [-0.25, -0.2) is 16.8 Å². The van der Waals surface area contributed by atoms with Gasteiger partial charge >= 0.3 is 48.9 Å². The van der Waals surface area contributed by atoms with Crippen molar-refractivity contribution in [2.24, 2.45) is 20.5 Å². The third kappa shape index (κ3) is 10.2. The molecule has 0 aromatic heterocycles. The fourth-order valence-corrected chi connectivity index (χ4v) is 6.70. The van der Waals surface area contributed by atoms with Crippen LogP contribution in [0.1, 0.15) is 25.0 Å². The predicted octanol–water partition coefficient (Wildman–Crippen LogP) is 8.29. The molecule has 6 aromatic rings. The van der Waals surface area contributed by atoms with Crippen LogP contribution in [0.2, 0.25) is 0 Å². The third-order valence-electron chi connectivity index (χ3n) is 8.30. The summed E-state index contributed by atoms with van der Waals surface area (Å²) in [5.74, 6) is -1.64. The fourth-order valence-electron chi connectivity index (χ4n) is 5.49. The van der Waals surface area contributed by atoms with Crippen molar-refractivity contribution in [3.8, 4) is 11.5 Å². The molecule has 0 bridgehead atoms. The number of azo groups is 2. The zero-order valence-electron chi connectivity index (χ0n) is 29.8. The number of hydrogen-bond donors (Lipinski definition) is 2. The van der Waals surface area contributed by atoms with Gasteiger partial charge in [-0.1, -0.05) is 74.5 Å². The van der Waals surface area contributed by atoms with E-state index in [1.807, 2.05) is 13.8 Å². The van der Waals surface area contributed by atoms with Crippen molar-refractivity contribution in [1.82, 2.24) is 0 Å². The molecule has 0 unspecified atom stereocenters. The number of benzene rings is 6. The van der Waals surface area contributed by atoms with Crippen LogP contribution in [-0.2, 0) is 33.1 Å². The Labute approximate surface area is 364 Å². The molecule has 2 N–H and O–H groups in total. The molecule has 0 aliphatic rings. The maximum atomic E-state index is 11.5. The number of non-ortho nitro benzene ring substituents is 2. The summed E-state index contributed by atoms with van der Waals surface area (Å²) in [6.45, 7) is 3.66. The topological polar surface area (TPSA) is 291 Å². The SMILES string of the molecule is CCc1ccc([N+](=O)[O-])cc1N=Nc1c(O)c(S(=O)(=O)[O-])cc2ccccc12.CCc1ccc([N+](=O)[O-])cc1N=Nc1c(O)c(S(=O)(=O)[O-])cc2ccccc12.[Ba+2]. The van der Waals surface area contributed by atoms with Gasteiger partial charge in [-0.2, -0.15) is 0 Å². The second-order valence-electron chi connectivity index (χ2n) is 11.7. The van der Waals surface area contributed by atoms with Gasteiger partial charge in [0.2, 0.25) is 0 Å². The normalized spacial score (nSPS) is 11.7. The molecule has 0 heterocycles. The van der Waals surface area contributed by atoms with Gasteiger partial charge < -0.3 is 19.3 Å². The molecule has 0 aliphatic heterocycles. The molecule has 6 rings (SSSR count). The summed E-state index contributed by atoms with van der Waals surface area (Å²) in [5, 5.41) is 60.0. The fraction of sp³-hybridized carbons (Fsp3) is 0.111. The van der Waals surface area contributed by atoms with Crippen LogP contribution in [0.25, 0.3) is 21.5 Å². The van der Waals surface area contributed by atoms with Gasteiger partial charge in [0.1, 0.15) is 31.6 Å². The zero-order chi connectivity index (χ0) is 40.9. The average molecular weight is 938 g/mol. The Morgan fingerprint density at radius 1 is 0.561 bits per heavy atom. The number of fused-ring (bicyclic) bond motifs is 2. The van der Waals surface area contributed by atoms with E-state index >= 15 is 0 Å². The molecule has 0 spiro atoms. The molecule has 57 heavy (non-hydrogen) atoms. The molecule has 0 fully saturated rings. The smallest absolute Gasteiger partial charge is 0.744 e. The van der Waals surface area contributed by atoms with Crippen molar-refractivity contribution in [1.29, 1.82) is 0 Å². The van der Waals surface area contributed by atoms with E-state index < -0.39 is 51.4 Å². The van der Waals surface area contributed by atoms with Crippen LogP contribution in [-0.4, -0.2) is 94.9 Å². The second-order valence-corrected chi connectivity index (χ2v) is 14.4. The van der Waals surface area contributed by atoms with Gasteiger partial charge in [-0.05, 0) is 46.9 Å². The summed E-state index contributed by atoms with van der Waals surface area (Å²) in [5.41, 5.74) is 0.969. The Bertz CT molecular complexity index is 2640. The average Bonchev–Trinajstić information content (AvgIpc) is 3.15. The van der Waals surface area contributed by atoms with Crippen LogP contribution in [0.3, 0.4) is 0 Å². The van der Waals surface area contributed by atoms with E-state index in [0.717, 1.165) is 12.1 Å². The summed E-state index contributed by atoms with van der Waals surface area (Å²) < 4.78 is 68.9. The van der Waals surface area contributed by atoms with Gasteiger partial charge in [0.05, 0.1) is 31.0 Å². The Morgan fingerprint density at radius 3 is 1.23 bits per heavy atom. The zero-order valence-corrected chi connectivity index (χ0v) is 35.9. The van der Waals surface area contributed by atoms with Crippen molar-refractivity contribution in [3.05, 3.63) is 128 Å². The predicted molar refractivity (Wildman–Crippen MR) is 206 cm³/mol. The van der Waals surface area contributed by atoms with E-state index in [9.17, 15) is 56.4 Å². The minimum absolute atomic E-state index is 0. The number of nitro groups is 2. The molecule has 0 atom stereocenters. The molecule has 18 nitrogen and oxygen atoms in total. The molecule has 0 aliphatic carbocycles. The van der Waals surface area contributed by atoms with Gasteiger partial charge in [-0.3, -0.25) is 20.2 Å². The van der Waals surface area contributed by atoms with Gasteiger partial charge in [0, 0.05) is 35.0 Å². The van der Waals surface area contributed by atoms with Crippen LogP contribution in [0.5, 0.6) is 11.5 Å². The van der Waals surface area contributed by atoms with Crippen molar-refractivity contribution in [2.45, 2.75) is 36.5 Å². The van der Waals surface area contributed by atoms with Crippen molar-refractivity contribution < 1.29 is 46.0 Å². The monoisotopic (exact) mass is 938 g/mol. The second kappa shape index (κ2) is 18.4. The molecule has 21 heteroatoms. The van der Waals surface area contributed by atoms with E-state index in [0.29, 0.717) is 45.5 Å². The van der Waals surface area contributed by atoms with Crippen LogP contribution >= 0.6 is 0 Å². The first kappa shape index (κ1) is 44.5. The molecule has 0 saturated heterocycles. The summed E-state index contributed by atoms with van der Waals surface area (Å²) in [6, 6.07) is 23.2. The first-order valence-electron chi connectivity index (χ1n) is 16.2. The number of phenolic OH excluding ortho intramolecular Hbond substituents is 2. The summed E-state index contributed by atoms with van der Waals surface area (Å²) >= 11 is 0. The van der Waals surface area contributed by atoms with Crippen molar-refractivity contribution >= 4 is 125 Å². The molecule has 0 saturated carbocycles. The number of hydrogen-bond acceptors (Lipinski definition) is 16. The molecule has 288 valence electrons. The number of phenols is 2. The van der Waals surface area contributed by atoms with Gasteiger partial charge in [-0.15, -0.1) is 20.5 Å². The van der Waals surface area contributed by atoms with E-state index in [1.165, 1.54) is 24.3 Å². The summed E-state index contributed by atoms with van der Waals surface area (Å²) in [6.07, 6.45) is 1.04. The Morgan fingerprint density at radius 2 is 0.912 bits per heavy atom. The Hall–Kier alpha value is -5.17. The van der Waals surface area contributed by atoms with Gasteiger partial charge in [0.25, 0.3) is 11.4 Å². The summed E-state index contributed by atoms with van der Waals surface area (Å²) in [4.78, 5) is 19.2. The van der Waals surface area contributed by atoms with Crippen LogP contribution in [0, 0.1) is 20.2 Å². The minimum atomic E-state index is -4.95. The Kier molecular flexibility index (Phi) is 14.4. The van der Waals surface area contributed by atoms with Crippen molar-refractivity contribution in [2.75, 3.05) is 0 Å². The molecular formula is C36H28BaN6O12S2. The van der Waals surface area contributed by atoms with E-state index in [1.54, 1.807) is 60.7 Å². The number of nitrogens with zero attached hydrogens (tertiary/aromatic N) is 6. The minimum Gasteiger partial charge on any atom is -0.744 e. The first-order chi connectivity index (χ1) is 26.4. The largest absolute Gasteiger partial charge is 2.00 e. The summed E-state index contributed by atoms with van der Waals surface area (Å²) in [7, 11) is -9.90. The Balaban J connectivity index is 0.000000248. The number of nitro benzene ring substituents is 2. The maximum Gasteiger partial charge on any atom is 2.00 e. The number of rotatable bonds is 10. The quantitative estimate of drug-likeness (QED) is 0.0431. The van der Waals surface area contributed by atoms with Crippen molar-refractivity contribution in [3.63, 3.8) is 0 Å². The van der Waals surface area contributed by atoms with E-state index in [2.05, 4.69) is 20.5 Å². The van der Waals surface area contributed by atoms with E-state index in [4.69, 9.17) is 0 Å². The first-order valence-corrected chi connectivity index (χ1v) is 19.1. The standard InChI is InChI=1S/2C18H15N3O6S.Ba/c2*1-2-11-7-8-13(21(23)24)10-15(11)19-20-17-14-6-4-3-5-12(14)9-16(18(17)22)28(25,26)27;/h2*3-10,22H,2H2,1H3,(H,25,26,27);/q;;+2/p-2. The van der Waals surface area contributed by atoms with Crippen LogP contribution in [0.15, 0.2) is 127 Å². The number of aromatic hydroxyl groups is 2. The van der Waals surface area contributed by atoms with E-state index in [-0.39, 0.29) is 83.0 Å². The van der Waals surface area contributed by atoms with Crippen LogP contribution in [0.4, 0.5) is 34.1 Å². The molecule has 0 amide bonds. The van der Waals surface area contributed by atoms with Gasteiger partial charge in [0.15, 0.2) is 11.5 Å². The molecular weight excluding hydrogens is 910 g/mol. The maximum absolute atomic E-state index is 11.5. The number of aryl methyl sites for hydroxylation is 2. The third-order valence-corrected chi connectivity index (χ3v) is 10.00. The molecule has 6 aromatic carbocycles. The van der Waals surface area contributed by atoms with Crippen LogP contribution < -0.4 is 0 Å². The molecule has 0 radical (unpaired) electrons.